The number of phenolic OH excluding ortho intramolecular Hbond substituents is 1. The highest BCUT2D eigenvalue weighted by atomic mass is 16.5. The molecule has 12 heteroatoms. The highest BCUT2D eigenvalue weighted by Crippen LogP contribution is 2.28. The molecule has 3 aromatic rings. The zero-order valence-electron chi connectivity index (χ0n) is 25.6. The minimum Gasteiger partial charge on any atom is -0.508 e. The van der Waals surface area contributed by atoms with E-state index in [4.69, 9.17) is 20.9 Å². The minimum absolute atomic E-state index is 0.0309. The van der Waals surface area contributed by atoms with Gasteiger partial charge in [0.25, 0.3) is 0 Å². The summed E-state index contributed by atoms with van der Waals surface area (Å²) in [5.41, 5.74) is 14.0. The van der Waals surface area contributed by atoms with E-state index in [1.54, 1.807) is 30.3 Å². The average molecular weight is 620 g/mol. The van der Waals surface area contributed by atoms with Crippen LogP contribution in [0.1, 0.15) is 30.0 Å². The Kier molecular flexibility index (Phi) is 12.7. The molecular formula is C33H41N5O7. The number of nitrogens with one attached hydrogen (secondary N) is 3. The predicted molar refractivity (Wildman–Crippen MR) is 168 cm³/mol. The Bertz CT molecular complexity index is 1450. The molecule has 4 atom stereocenters. The number of phenols is 1. The van der Waals surface area contributed by atoms with Crippen molar-refractivity contribution in [2.45, 2.75) is 56.8 Å². The lowest BCUT2D eigenvalue weighted by Crippen LogP contribution is -2.57. The lowest BCUT2D eigenvalue weighted by atomic mass is 10.0. The average Bonchev–Trinajstić information content (AvgIpc) is 3.03. The number of aryl methyl sites for hydroxylation is 1. The number of methoxy groups -OCH3 is 2. The fourth-order valence-corrected chi connectivity index (χ4v) is 4.63. The van der Waals surface area contributed by atoms with E-state index in [0.29, 0.717) is 23.5 Å². The summed E-state index contributed by atoms with van der Waals surface area (Å²) in [6.07, 6.45) is 0.966. The van der Waals surface area contributed by atoms with Crippen LogP contribution in [0.15, 0.2) is 72.8 Å². The van der Waals surface area contributed by atoms with Crippen LogP contribution in [0, 0.1) is 0 Å². The van der Waals surface area contributed by atoms with Gasteiger partial charge in [-0.1, -0.05) is 48.5 Å². The maximum atomic E-state index is 13.6. The smallest absolute Gasteiger partial charge is 0.243 e. The molecule has 0 aliphatic heterocycles. The molecule has 3 rings (SSSR count). The normalized spacial score (nSPS) is 13.4. The Morgan fingerprint density at radius 2 is 1.36 bits per heavy atom. The van der Waals surface area contributed by atoms with Crippen LogP contribution in [0.5, 0.6) is 17.2 Å². The van der Waals surface area contributed by atoms with Crippen molar-refractivity contribution in [3.8, 4) is 17.2 Å². The maximum Gasteiger partial charge on any atom is 0.243 e. The number of hydrogen-bond donors (Lipinski definition) is 6. The van der Waals surface area contributed by atoms with Crippen LogP contribution < -0.4 is 36.9 Å². The molecule has 12 nitrogen and oxygen atoms in total. The number of aromatic hydroxyl groups is 1. The van der Waals surface area contributed by atoms with E-state index in [2.05, 4.69) is 16.0 Å². The highest BCUT2D eigenvalue weighted by molar-refractivity contribution is 5.94. The quantitative estimate of drug-likeness (QED) is 0.137. The second kappa shape index (κ2) is 16.7. The van der Waals surface area contributed by atoms with Crippen molar-refractivity contribution in [3.63, 3.8) is 0 Å². The first kappa shape index (κ1) is 34.4. The van der Waals surface area contributed by atoms with Gasteiger partial charge in [0.1, 0.15) is 23.9 Å². The fraction of sp³-hybridized carbons (Fsp3) is 0.333. The number of nitrogens with two attached hydrogens (primary N) is 2. The summed E-state index contributed by atoms with van der Waals surface area (Å²) in [6.45, 7) is 1.47. The number of amides is 4. The molecule has 0 aliphatic carbocycles. The van der Waals surface area contributed by atoms with Gasteiger partial charge < -0.3 is 42.0 Å². The lowest BCUT2D eigenvalue weighted by Gasteiger charge is -2.24. The summed E-state index contributed by atoms with van der Waals surface area (Å²) in [5, 5.41) is 17.4. The summed E-state index contributed by atoms with van der Waals surface area (Å²) in [4.78, 5) is 51.8. The summed E-state index contributed by atoms with van der Waals surface area (Å²) >= 11 is 0. The van der Waals surface area contributed by atoms with Gasteiger partial charge in [-0.15, -0.1) is 0 Å². The van der Waals surface area contributed by atoms with Gasteiger partial charge in [0.05, 0.1) is 20.3 Å². The molecule has 0 aliphatic rings. The predicted octanol–water partition coefficient (Wildman–Crippen LogP) is 1.11. The first-order chi connectivity index (χ1) is 21.5. The Balaban J connectivity index is 1.73. The molecule has 0 heterocycles. The van der Waals surface area contributed by atoms with Crippen LogP contribution >= 0.6 is 0 Å². The van der Waals surface area contributed by atoms with Crippen LogP contribution in [-0.2, 0) is 38.4 Å². The van der Waals surface area contributed by atoms with Gasteiger partial charge >= 0.3 is 0 Å². The summed E-state index contributed by atoms with van der Waals surface area (Å²) < 4.78 is 10.7. The number of benzene rings is 3. The van der Waals surface area contributed by atoms with Gasteiger partial charge in [-0.2, -0.15) is 0 Å². The summed E-state index contributed by atoms with van der Waals surface area (Å²) in [7, 11) is 2.98. The Morgan fingerprint density at radius 1 is 0.733 bits per heavy atom. The second-order valence-electron chi connectivity index (χ2n) is 10.6. The maximum absolute atomic E-state index is 13.6. The molecule has 0 saturated heterocycles. The van der Waals surface area contributed by atoms with E-state index in [0.717, 1.165) is 11.1 Å². The summed E-state index contributed by atoms with van der Waals surface area (Å²) in [5.74, 6) is -1.53. The second-order valence-corrected chi connectivity index (χ2v) is 10.6. The third-order valence-electron chi connectivity index (χ3n) is 7.23. The molecular weight excluding hydrogens is 578 g/mol. The molecule has 8 N–H and O–H groups in total. The lowest BCUT2D eigenvalue weighted by molar-refractivity contribution is -0.133. The largest absolute Gasteiger partial charge is 0.508 e. The number of primary amides is 1. The number of hydrogen-bond acceptors (Lipinski definition) is 8. The van der Waals surface area contributed by atoms with Crippen molar-refractivity contribution in [2.75, 3.05) is 14.2 Å². The van der Waals surface area contributed by atoms with Gasteiger partial charge in [-0.05, 0) is 67.1 Å². The van der Waals surface area contributed by atoms with Gasteiger partial charge in [0, 0.05) is 6.42 Å². The first-order valence-corrected chi connectivity index (χ1v) is 14.5. The number of carbonyl (C=O) groups excluding carboxylic acids is 4. The molecule has 4 amide bonds. The SMILES string of the molecule is COc1ccc(C[C@H](NC(=O)[C@@H](C)NC(=O)[C@@H](N)Cc2ccc(O)cc2)C(=O)N[C@@H](CCc2ccccc2)C(N)=O)cc1OC. The molecule has 0 saturated carbocycles. The van der Waals surface area contributed by atoms with E-state index in [1.165, 1.54) is 33.3 Å². The van der Waals surface area contributed by atoms with Crippen LogP contribution in [0.25, 0.3) is 0 Å². The topological polar surface area (TPSA) is 195 Å². The highest BCUT2D eigenvalue weighted by Gasteiger charge is 2.29. The van der Waals surface area contributed by atoms with E-state index >= 15 is 0 Å². The molecule has 0 bridgehead atoms. The molecule has 0 spiro atoms. The summed E-state index contributed by atoms with van der Waals surface area (Å²) in [6, 6.07) is 16.7. The first-order valence-electron chi connectivity index (χ1n) is 14.5. The Hall–Kier alpha value is -5.10. The third-order valence-corrected chi connectivity index (χ3v) is 7.23. The molecule has 0 aromatic heterocycles. The Labute approximate surface area is 262 Å². The van der Waals surface area contributed by atoms with Gasteiger partial charge in [-0.25, -0.2) is 0 Å². The van der Waals surface area contributed by atoms with Crippen molar-refractivity contribution in [1.29, 1.82) is 0 Å². The van der Waals surface area contributed by atoms with Crippen molar-refractivity contribution in [3.05, 3.63) is 89.5 Å². The van der Waals surface area contributed by atoms with Crippen molar-refractivity contribution < 1.29 is 33.8 Å². The monoisotopic (exact) mass is 619 g/mol. The van der Waals surface area contributed by atoms with Crippen LogP contribution in [-0.4, -0.2) is 67.1 Å². The van der Waals surface area contributed by atoms with E-state index in [-0.39, 0.29) is 25.0 Å². The number of carbonyl (C=O) groups is 4. The van der Waals surface area contributed by atoms with Crippen LogP contribution in [0.4, 0.5) is 0 Å². The number of ether oxygens (including phenoxy) is 2. The third kappa shape index (κ3) is 10.5. The van der Waals surface area contributed by atoms with Gasteiger partial charge in [-0.3, -0.25) is 19.2 Å². The molecule has 0 radical (unpaired) electrons. The van der Waals surface area contributed by atoms with E-state index < -0.39 is 47.8 Å². The van der Waals surface area contributed by atoms with E-state index in [9.17, 15) is 24.3 Å². The standard InChI is InChI=1S/C33H41N5O7/c1-20(36-32(42)25(34)17-22-9-13-24(39)14-10-22)31(41)38-27(18-23-12-16-28(44-2)29(19-23)45-3)33(43)37-26(30(35)40)15-11-21-7-5-4-6-8-21/h4-10,12-14,16,19-20,25-27,39H,11,15,17-18,34H2,1-3H3,(H2,35,40)(H,36,42)(H,37,43)(H,38,41)/t20-,25+,26+,27+/m1/s1. The van der Waals surface area contributed by atoms with Crippen molar-refractivity contribution in [1.82, 2.24) is 16.0 Å². The zero-order chi connectivity index (χ0) is 32.9. The van der Waals surface area contributed by atoms with Crippen molar-refractivity contribution >= 4 is 23.6 Å². The van der Waals surface area contributed by atoms with Gasteiger partial charge in [0.15, 0.2) is 11.5 Å². The molecule has 240 valence electrons. The van der Waals surface area contributed by atoms with Gasteiger partial charge in [0.2, 0.25) is 23.6 Å². The zero-order valence-corrected chi connectivity index (χ0v) is 25.6. The molecule has 45 heavy (non-hydrogen) atoms. The van der Waals surface area contributed by atoms with Crippen LogP contribution in [0.2, 0.25) is 0 Å². The minimum atomic E-state index is -1.14. The van der Waals surface area contributed by atoms with Crippen LogP contribution in [0.3, 0.4) is 0 Å². The van der Waals surface area contributed by atoms with Crippen molar-refractivity contribution in [2.24, 2.45) is 11.5 Å². The molecule has 3 aromatic carbocycles. The molecule has 0 unspecified atom stereocenters. The Morgan fingerprint density at radius 3 is 1.98 bits per heavy atom. The van der Waals surface area contributed by atoms with E-state index in [1.807, 2.05) is 30.3 Å². The molecule has 0 fully saturated rings. The number of rotatable bonds is 16. The fourth-order valence-electron chi connectivity index (χ4n) is 4.63.